The van der Waals surface area contributed by atoms with Crippen LogP contribution in [0.3, 0.4) is 0 Å². The van der Waals surface area contributed by atoms with E-state index in [-0.39, 0.29) is 26.1 Å². The van der Waals surface area contributed by atoms with Crippen molar-refractivity contribution in [3.05, 3.63) is 12.2 Å². The van der Waals surface area contributed by atoms with Crippen LogP contribution in [0.25, 0.3) is 0 Å². The minimum absolute atomic E-state index is 0.185. The molecule has 1 aliphatic heterocycles. The second-order valence-electron chi connectivity index (χ2n) is 13.1. The lowest BCUT2D eigenvalue weighted by Gasteiger charge is -2.38. The van der Waals surface area contributed by atoms with E-state index in [9.17, 15) is 34.8 Å². The minimum atomic E-state index is -1.86. The van der Waals surface area contributed by atoms with Gasteiger partial charge in [0.25, 0.3) is 0 Å². The van der Waals surface area contributed by atoms with E-state index in [0.717, 1.165) is 57.8 Å². The van der Waals surface area contributed by atoms with Gasteiger partial charge in [0.05, 0.1) is 6.61 Å². The molecule has 11 nitrogen and oxygen atoms in total. The van der Waals surface area contributed by atoms with Gasteiger partial charge in [-0.15, -0.1) is 0 Å². The van der Waals surface area contributed by atoms with Gasteiger partial charge in [0, 0.05) is 12.8 Å². The van der Waals surface area contributed by atoms with Crippen molar-refractivity contribution < 1.29 is 53.8 Å². The Labute approximate surface area is 288 Å². The molecule has 11 heteroatoms. The molecule has 1 saturated heterocycles. The van der Waals surface area contributed by atoms with Gasteiger partial charge in [0.1, 0.15) is 24.9 Å². The first-order valence-electron chi connectivity index (χ1n) is 18.7. The first-order valence-corrected chi connectivity index (χ1v) is 18.7. The van der Waals surface area contributed by atoms with Crippen LogP contribution in [0.1, 0.15) is 155 Å². The van der Waals surface area contributed by atoms with Gasteiger partial charge in [-0.25, -0.2) is 4.79 Å². The average molecular weight is 687 g/mol. The molecule has 1 rings (SSSR count). The maximum absolute atomic E-state index is 12.6. The normalized spacial score (nSPS) is 21.7. The summed E-state index contributed by atoms with van der Waals surface area (Å²) in [6.07, 6.45) is 17.1. The lowest BCUT2D eigenvalue weighted by Crippen LogP contribution is -2.60. The van der Waals surface area contributed by atoms with Gasteiger partial charge in [0.15, 0.2) is 18.5 Å². The van der Waals surface area contributed by atoms with Crippen LogP contribution in [0.4, 0.5) is 0 Å². The molecule has 48 heavy (non-hydrogen) atoms. The maximum atomic E-state index is 12.6. The Morgan fingerprint density at radius 1 is 0.625 bits per heavy atom. The molecule has 6 atom stereocenters. The smallest absolute Gasteiger partial charge is 0.335 e. The fourth-order valence-electron chi connectivity index (χ4n) is 5.58. The molecule has 0 amide bonds. The Bertz CT molecular complexity index is 864. The standard InChI is InChI=1S/C37H66O11/c1-3-5-7-9-11-13-15-16-18-19-21-23-25-30(38)45-27-29(28-46-37-34(42)32(40)33(41)35(48-37)36(43)44)47-31(39)26-24-22-20-17-14-12-10-8-6-4-2/h11,13,29,32-35,37,40-42H,3-10,12,14-28H2,1-2H3,(H,43,44)/b13-11-. The van der Waals surface area contributed by atoms with E-state index in [1.54, 1.807) is 0 Å². The number of aliphatic carboxylic acids is 1. The molecule has 0 aromatic heterocycles. The van der Waals surface area contributed by atoms with Crippen LogP contribution in [0.2, 0.25) is 0 Å². The molecular weight excluding hydrogens is 620 g/mol. The zero-order chi connectivity index (χ0) is 35.4. The first kappa shape index (κ1) is 44.0. The van der Waals surface area contributed by atoms with E-state index in [0.29, 0.717) is 12.8 Å². The molecule has 280 valence electrons. The van der Waals surface area contributed by atoms with Crippen molar-refractivity contribution in [1.82, 2.24) is 0 Å². The van der Waals surface area contributed by atoms with Crippen LogP contribution in [0.15, 0.2) is 12.2 Å². The van der Waals surface area contributed by atoms with Crippen LogP contribution in [0.5, 0.6) is 0 Å². The van der Waals surface area contributed by atoms with Crippen molar-refractivity contribution in [3.8, 4) is 0 Å². The molecule has 0 aromatic carbocycles. The van der Waals surface area contributed by atoms with E-state index in [1.807, 2.05) is 0 Å². The van der Waals surface area contributed by atoms with Gasteiger partial charge in [-0.3, -0.25) is 9.59 Å². The number of allylic oxidation sites excluding steroid dienone is 2. The molecule has 1 heterocycles. The third kappa shape index (κ3) is 21.1. The summed E-state index contributed by atoms with van der Waals surface area (Å²) < 4.78 is 21.6. The van der Waals surface area contributed by atoms with Crippen molar-refractivity contribution in [3.63, 3.8) is 0 Å². The Hall–Kier alpha value is -2.05. The molecule has 0 spiro atoms. The van der Waals surface area contributed by atoms with E-state index in [4.69, 9.17) is 18.9 Å². The van der Waals surface area contributed by atoms with Crippen LogP contribution in [-0.4, -0.2) is 88.4 Å². The topological polar surface area (TPSA) is 169 Å². The molecule has 0 saturated carbocycles. The van der Waals surface area contributed by atoms with Crippen molar-refractivity contribution >= 4 is 17.9 Å². The summed E-state index contributed by atoms with van der Waals surface area (Å²) >= 11 is 0. The van der Waals surface area contributed by atoms with Gasteiger partial charge < -0.3 is 39.4 Å². The quantitative estimate of drug-likeness (QED) is 0.0368. The molecule has 1 aliphatic rings. The molecule has 0 aromatic rings. The Morgan fingerprint density at radius 3 is 1.67 bits per heavy atom. The molecule has 1 fully saturated rings. The van der Waals surface area contributed by atoms with Crippen molar-refractivity contribution in [2.45, 2.75) is 192 Å². The van der Waals surface area contributed by atoms with E-state index in [2.05, 4.69) is 26.0 Å². The van der Waals surface area contributed by atoms with Crippen LogP contribution in [0, 0.1) is 0 Å². The third-order valence-corrected chi connectivity index (χ3v) is 8.61. The number of esters is 2. The number of unbranched alkanes of at least 4 members (excludes halogenated alkanes) is 17. The zero-order valence-electron chi connectivity index (χ0n) is 29.7. The lowest BCUT2D eigenvalue weighted by atomic mass is 9.99. The maximum Gasteiger partial charge on any atom is 0.335 e. The Kier molecular flexibility index (Phi) is 26.3. The number of aliphatic hydroxyl groups excluding tert-OH is 3. The first-order chi connectivity index (χ1) is 23.2. The predicted molar refractivity (Wildman–Crippen MR) is 183 cm³/mol. The molecule has 4 N–H and O–H groups in total. The highest BCUT2D eigenvalue weighted by atomic mass is 16.7. The summed E-state index contributed by atoms with van der Waals surface area (Å²) in [6.45, 7) is 3.73. The summed E-state index contributed by atoms with van der Waals surface area (Å²) in [7, 11) is 0. The van der Waals surface area contributed by atoms with Crippen LogP contribution >= 0.6 is 0 Å². The second-order valence-corrected chi connectivity index (χ2v) is 13.1. The Balaban J connectivity index is 2.46. The largest absolute Gasteiger partial charge is 0.479 e. The molecule has 0 bridgehead atoms. The van der Waals surface area contributed by atoms with Gasteiger partial charge in [-0.1, -0.05) is 116 Å². The van der Waals surface area contributed by atoms with Crippen molar-refractivity contribution in [2.24, 2.45) is 0 Å². The number of hydrogen-bond acceptors (Lipinski definition) is 10. The number of carboxylic acid groups (broad SMARTS) is 1. The summed E-state index contributed by atoms with van der Waals surface area (Å²) in [5, 5.41) is 39.6. The number of aliphatic hydroxyl groups is 3. The fourth-order valence-corrected chi connectivity index (χ4v) is 5.58. The number of hydrogen-bond donors (Lipinski definition) is 4. The number of carbonyl (C=O) groups excluding carboxylic acids is 2. The summed E-state index contributed by atoms with van der Waals surface area (Å²) in [5.74, 6) is -2.46. The van der Waals surface area contributed by atoms with Crippen LogP contribution < -0.4 is 0 Å². The van der Waals surface area contributed by atoms with Gasteiger partial charge in [-0.05, 0) is 38.5 Å². The van der Waals surface area contributed by atoms with Crippen molar-refractivity contribution in [2.75, 3.05) is 13.2 Å². The summed E-state index contributed by atoms with van der Waals surface area (Å²) in [6, 6.07) is 0. The molecular formula is C37H66O11. The number of rotatable bonds is 30. The number of carbonyl (C=O) groups is 3. The zero-order valence-corrected chi connectivity index (χ0v) is 29.7. The average Bonchev–Trinajstić information content (AvgIpc) is 3.06. The number of carboxylic acids is 1. The SMILES string of the molecule is CCCCC/C=C\CCCCCCCC(=O)OCC(COC1OC(C(=O)O)C(O)C(O)C1O)OC(=O)CCCCCCCCCCCC. The number of ether oxygens (including phenoxy) is 4. The molecule has 0 radical (unpaired) electrons. The van der Waals surface area contributed by atoms with E-state index in [1.165, 1.54) is 57.8 Å². The monoisotopic (exact) mass is 686 g/mol. The highest BCUT2D eigenvalue weighted by molar-refractivity contribution is 5.73. The van der Waals surface area contributed by atoms with Gasteiger partial charge in [-0.2, -0.15) is 0 Å². The lowest BCUT2D eigenvalue weighted by molar-refractivity contribution is -0.298. The summed E-state index contributed by atoms with van der Waals surface area (Å²) in [5.41, 5.74) is 0. The van der Waals surface area contributed by atoms with Crippen molar-refractivity contribution in [1.29, 1.82) is 0 Å². The Morgan fingerprint density at radius 2 is 1.10 bits per heavy atom. The molecule has 6 unspecified atom stereocenters. The minimum Gasteiger partial charge on any atom is -0.479 e. The fraction of sp³-hybridized carbons (Fsp3) is 0.865. The van der Waals surface area contributed by atoms with Gasteiger partial charge >= 0.3 is 17.9 Å². The highest BCUT2D eigenvalue weighted by Gasteiger charge is 2.47. The third-order valence-electron chi connectivity index (χ3n) is 8.61. The summed E-state index contributed by atoms with van der Waals surface area (Å²) in [4.78, 5) is 36.5. The highest BCUT2D eigenvalue weighted by Crippen LogP contribution is 2.23. The van der Waals surface area contributed by atoms with Gasteiger partial charge in [0.2, 0.25) is 0 Å². The van der Waals surface area contributed by atoms with E-state index < -0.39 is 54.7 Å². The van der Waals surface area contributed by atoms with E-state index >= 15 is 0 Å². The predicted octanol–water partition coefficient (Wildman–Crippen LogP) is 6.53. The molecule has 0 aliphatic carbocycles. The van der Waals surface area contributed by atoms with Crippen LogP contribution in [-0.2, 0) is 33.3 Å². The second kappa shape index (κ2) is 28.8.